The van der Waals surface area contributed by atoms with Crippen molar-refractivity contribution in [2.75, 3.05) is 35.0 Å². The van der Waals surface area contributed by atoms with Crippen LogP contribution in [0.2, 0.25) is 0 Å². The first-order valence-electron chi connectivity index (χ1n) is 12.8. The average molecular weight is 561 g/mol. The van der Waals surface area contributed by atoms with Crippen LogP contribution in [0.4, 0.5) is 0 Å². The number of carbonyl (C=O) groups is 3. The Morgan fingerprint density at radius 2 is 1.43 bits per heavy atom. The molecule has 40 heavy (non-hydrogen) atoms. The molecule has 4 N–H and O–H groups in total. The number of nitrogens with one attached hydrogen (secondary N) is 2. The first-order valence-corrected chi connectivity index (χ1v) is 12.8. The summed E-state index contributed by atoms with van der Waals surface area (Å²) in [6, 6.07) is 10.1. The molecule has 0 saturated heterocycles. The zero-order chi connectivity index (χ0) is 30.1. The van der Waals surface area contributed by atoms with Crippen molar-refractivity contribution in [2.45, 2.75) is 57.5 Å². The van der Waals surface area contributed by atoms with Crippen molar-refractivity contribution in [3.63, 3.8) is 0 Å². The Hall–Kier alpha value is -3.99. The Labute approximate surface area is 234 Å². The first kappa shape index (κ1) is 32.2. The summed E-state index contributed by atoms with van der Waals surface area (Å²) in [6.45, 7) is 6.79. The van der Waals surface area contributed by atoms with Gasteiger partial charge in [-0.05, 0) is 81.0 Å². The number of methoxy groups -OCH3 is 4. The topological polar surface area (TPSA) is 153 Å². The van der Waals surface area contributed by atoms with E-state index in [1.54, 1.807) is 28.4 Å². The summed E-state index contributed by atoms with van der Waals surface area (Å²) in [5.74, 6) is -0.842. The molecular weight excluding hydrogens is 520 g/mol. The SMILES string of the molecule is COc1ccc(C[C@@]2(CCC(=O)NC(C)(C)C)NCCc3cc(OC)c(OC)cc32)cc1OC.O=C(O)C(=O)O. The zero-order valence-electron chi connectivity index (χ0n) is 24.2. The van der Waals surface area contributed by atoms with Crippen molar-refractivity contribution in [2.24, 2.45) is 0 Å². The second kappa shape index (κ2) is 13.9. The van der Waals surface area contributed by atoms with E-state index in [9.17, 15) is 4.79 Å². The second-order valence-electron chi connectivity index (χ2n) is 10.4. The fourth-order valence-electron chi connectivity index (χ4n) is 4.72. The van der Waals surface area contributed by atoms with Crippen molar-refractivity contribution >= 4 is 17.8 Å². The molecule has 0 unspecified atom stereocenters. The number of ether oxygens (including phenoxy) is 4. The van der Waals surface area contributed by atoms with Gasteiger partial charge in [-0.15, -0.1) is 0 Å². The van der Waals surface area contributed by atoms with E-state index in [-0.39, 0.29) is 11.4 Å². The smallest absolute Gasteiger partial charge is 0.414 e. The van der Waals surface area contributed by atoms with Gasteiger partial charge in [0.2, 0.25) is 5.91 Å². The van der Waals surface area contributed by atoms with Crippen LogP contribution >= 0.6 is 0 Å². The van der Waals surface area contributed by atoms with Gasteiger partial charge in [0, 0.05) is 24.0 Å². The number of fused-ring (bicyclic) bond motifs is 1. The lowest BCUT2D eigenvalue weighted by atomic mass is 9.75. The van der Waals surface area contributed by atoms with Crippen LogP contribution in [0.1, 0.15) is 50.3 Å². The molecule has 11 heteroatoms. The van der Waals surface area contributed by atoms with Gasteiger partial charge >= 0.3 is 11.9 Å². The number of hydrogen-bond donors (Lipinski definition) is 4. The zero-order valence-corrected chi connectivity index (χ0v) is 24.2. The summed E-state index contributed by atoms with van der Waals surface area (Å²) in [4.78, 5) is 31.0. The maximum Gasteiger partial charge on any atom is 0.414 e. The summed E-state index contributed by atoms with van der Waals surface area (Å²) < 4.78 is 22.2. The summed E-state index contributed by atoms with van der Waals surface area (Å²) in [5.41, 5.74) is 2.69. The lowest BCUT2D eigenvalue weighted by Crippen LogP contribution is -2.50. The van der Waals surface area contributed by atoms with E-state index in [0.29, 0.717) is 42.3 Å². The maximum atomic E-state index is 12.8. The Kier molecular flexibility index (Phi) is 11.2. The number of hydrogen-bond acceptors (Lipinski definition) is 8. The van der Waals surface area contributed by atoms with Gasteiger partial charge in [-0.3, -0.25) is 4.79 Å². The number of rotatable bonds is 9. The van der Waals surface area contributed by atoms with Gasteiger partial charge in [0.25, 0.3) is 0 Å². The van der Waals surface area contributed by atoms with Gasteiger partial charge in [0.05, 0.1) is 28.4 Å². The minimum absolute atomic E-state index is 0.0357. The van der Waals surface area contributed by atoms with Crippen molar-refractivity contribution in [3.8, 4) is 23.0 Å². The van der Waals surface area contributed by atoms with Crippen LogP contribution in [0.3, 0.4) is 0 Å². The Balaban J connectivity index is 0.000000840. The molecule has 1 atom stereocenters. The van der Waals surface area contributed by atoms with E-state index in [2.05, 4.69) is 28.8 Å². The van der Waals surface area contributed by atoms with Crippen molar-refractivity contribution in [1.29, 1.82) is 0 Å². The number of carboxylic acids is 2. The quantitative estimate of drug-likeness (QED) is 0.337. The summed E-state index contributed by atoms with van der Waals surface area (Å²) in [5, 5.41) is 21.6. The van der Waals surface area contributed by atoms with E-state index in [1.807, 2.05) is 32.9 Å². The normalized spacial score (nSPS) is 16.0. The molecule has 1 aliphatic heterocycles. The number of carbonyl (C=O) groups excluding carboxylic acids is 1. The Morgan fingerprint density at radius 1 is 0.875 bits per heavy atom. The molecule has 0 aliphatic carbocycles. The highest BCUT2D eigenvalue weighted by Crippen LogP contribution is 2.42. The third-order valence-corrected chi connectivity index (χ3v) is 6.41. The number of carboxylic acid groups (broad SMARTS) is 2. The standard InChI is InChI=1S/C27H38N2O5.C2H2O4/c1-26(2,3)29-25(30)10-12-27(17-18-8-9-21(31-4)22(14-18)32-5)20-16-24(34-7)23(33-6)15-19(20)11-13-28-27;3-1(4)2(5)6/h8-9,14-16,28H,10-13,17H2,1-7H3,(H,29,30);(H,3,4)(H,5,6)/t27-;/m1./s1. The first-order chi connectivity index (χ1) is 18.8. The predicted molar refractivity (Wildman–Crippen MR) is 149 cm³/mol. The second-order valence-corrected chi connectivity index (χ2v) is 10.4. The molecule has 0 saturated carbocycles. The molecule has 1 amide bonds. The number of aliphatic carboxylic acids is 2. The minimum Gasteiger partial charge on any atom is -0.493 e. The molecule has 0 fully saturated rings. The van der Waals surface area contributed by atoms with Gasteiger partial charge in [-0.25, -0.2) is 9.59 Å². The largest absolute Gasteiger partial charge is 0.493 e. The van der Waals surface area contributed by atoms with Crippen LogP contribution in [0, 0.1) is 0 Å². The van der Waals surface area contributed by atoms with Crippen LogP contribution in [0.15, 0.2) is 30.3 Å². The van der Waals surface area contributed by atoms with E-state index in [1.165, 1.54) is 5.56 Å². The monoisotopic (exact) mass is 560 g/mol. The molecule has 220 valence electrons. The van der Waals surface area contributed by atoms with Crippen LogP contribution in [-0.2, 0) is 32.8 Å². The van der Waals surface area contributed by atoms with E-state index >= 15 is 0 Å². The molecule has 3 rings (SSSR count). The summed E-state index contributed by atoms with van der Waals surface area (Å²) >= 11 is 0. The highest BCUT2D eigenvalue weighted by atomic mass is 16.5. The third-order valence-electron chi connectivity index (χ3n) is 6.41. The van der Waals surface area contributed by atoms with Crippen LogP contribution in [0.5, 0.6) is 23.0 Å². The molecular formula is C29H40N2O9. The fourth-order valence-corrected chi connectivity index (χ4v) is 4.72. The lowest BCUT2D eigenvalue weighted by molar-refractivity contribution is -0.159. The van der Waals surface area contributed by atoms with E-state index in [0.717, 1.165) is 24.1 Å². The number of amides is 1. The molecule has 0 radical (unpaired) electrons. The van der Waals surface area contributed by atoms with E-state index < -0.39 is 17.5 Å². The van der Waals surface area contributed by atoms with Gasteiger partial charge in [0.1, 0.15) is 0 Å². The lowest BCUT2D eigenvalue weighted by Gasteiger charge is -2.41. The Bertz CT molecular complexity index is 1190. The van der Waals surface area contributed by atoms with Gasteiger partial charge in [-0.1, -0.05) is 6.07 Å². The predicted octanol–water partition coefficient (Wildman–Crippen LogP) is 3.16. The molecule has 0 bridgehead atoms. The van der Waals surface area contributed by atoms with Crippen LogP contribution in [0.25, 0.3) is 0 Å². The molecule has 2 aromatic carbocycles. The van der Waals surface area contributed by atoms with Gasteiger partial charge in [-0.2, -0.15) is 0 Å². The van der Waals surface area contributed by atoms with Crippen molar-refractivity contribution < 1.29 is 43.5 Å². The van der Waals surface area contributed by atoms with Gasteiger partial charge in [0.15, 0.2) is 23.0 Å². The van der Waals surface area contributed by atoms with Crippen LogP contribution < -0.4 is 29.6 Å². The van der Waals surface area contributed by atoms with E-state index in [4.69, 9.17) is 38.7 Å². The summed E-state index contributed by atoms with van der Waals surface area (Å²) in [6.07, 6.45) is 2.58. The van der Waals surface area contributed by atoms with Gasteiger partial charge < -0.3 is 39.8 Å². The van der Waals surface area contributed by atoms with Crippen molar-refractivity contribution in [1.82, 2.24) is 10.6 Å². The minimum atomic E-state index is -1.82. The molecule has 11 nitrogen and oxygen atoms in total. The molecule has 0 aromatic heterocycles. The molecule has 2 aromatic rings. The third kappa shape index (κ3) is 8.51. The fraction of sp³-hybridized carbons (Fsp3) is 0.483. The highest BCUT2D eigenvalue weighted by molar-refractivity contribution is 6.27. The van der Waals surface area contributed by atoms with Crippen molar-refractivity contribution in [3.05, 3.63) is 47.0 Å². The molecule has 1 heterocycles. The maximum absolute atomic E-state index is 12.8. The highest BCUT2D eigenvalue weighted by Gasteiger charge is 2.38. The average Bonchev–Trinajstić information content (AvgIpc) is 2.90. The Morgan fingerprint density at radius 3 is 1.95 bits per heavy atom. The number of benzene rings is 2. The van der Waals surface area contributed by atoms with Crippen LogP contribution in [-0.4, -0.2) is 68.6 Å². The molecule has 1 aliphatic rings. The molecule has 0 spiro atoms. The summed E-state index contributed by atoms with van der Waals surface area (Å²) in [7, 11) is 6.57.